The Morgan fingerprint density at radius 1 is 0.364 bits per heavy atom. The van der Waals surface area contributed by atoms with Crippen LogP contribution in [-0.2, 0) is 0 Å². The molecule has 10 aromatic rings. The molecule has 6 aromatic heterocycles. The van der Waals surface area contributed by atoms with Gasteiger partial charge in [-0.15, -0.1) is 68.0 Å². The SMILES string of the molecule is Fc1cc(-c2cc(F)c(-c3ccc4c(c3)sc3c5ccccc5sc43)s2)sc1-c1ccc2c(c1)sc1c3ccccc3sc21. The van der Waals surface area contributed by atoms with Crippen molar-refractivity contribution >= 4 is 127 Å². The molecule has 0 radical (unpaired) electrons. The van der Waals surface area contributed by atoms with Crippen LogP contribution in [0.5, 0.6) is 0 Å². The zero-order valence-electron chi connectivity index (χ0n) is 22.4. The Labute approximate surface area is 273 Å². The summed E-state index contributed by atoms with van der Waals surface area (Å²) in [4.78, 5) is 2.67. The molecule has 0 spiro atoms. The number of benzene rings is 4. The Balaban J connectivity index is 1.02. The quantitative estimate of drug-likeness (QED) is 0.174. The van der Waals surface area contributed by atoms with E-state index in [9.17, 15) is 0 Å². The lowest BCUT2D eigenvalue weighted by molar-refractivity contribution is 0.635. The largest absolute Gasteiger partial charge is 0.205 e. The molecule has 44 heavy (non-hydrogen) atoms. The maximum atomic E-state index is 15.5. The van der Waals surface area contributed by atoms with Crippen LogP contribution in [0.25, 0.3) is 89.8 Å². The molecule has 10 rings (SSSR count). The fraction of sp³-hybridized carbons (Fsp3) is 0. The fourth-order valence-corrected chi connectivity index (χ4v) is 13.6. The van der Waals surface area contributed by atoms with Gasteiger partial charge in [-0.3, -0.25) is 0 Å². The standard InChI is InChI=1S/C36H16F2S6/c37-23-15-29(43-31(23)17-9-11-21-27(13-17)41-33-19-5-1-3-7-25(19)39-35(21)33)30-16-24(38)32(44-30)18-10-12-22-28(14-18)42-34-20-6-2-4-8-26(20)40-36(22)34/h1-16H. The fourth-order valence-electron chi connectivity index (χ4n) is 6.07. The van der Waals surface area contributed by atoms with E-state index < -0.39 is 0 Å². The normalized spacial score (nSPS) is 12.3. The maximum absolute atomic E-state index is 15.5. The minimum Gasteiger partial charge on any atom is -0.205 e. The molecule has 210 valence electrons. The summed E-state index contributed by atoms with van der Waals surface area (Å²) in [5.41, 5.74) is 1.72. The van der Waals surface area contributed by atoms with Crippen molar-refractivity contribution in [3.05, 3.63) is 109 Å². The molecule has 0 unspecified atom stereocenters. The first-order valence-electron chi connectivity index (χ1n) is 13.9. The van der Waals surface area contributed by atoms with Crippen molar-refractivity contribution in [1.82, 2.24) is 0 Å². The van der Waals surface area contributed by atoms with Crippen LogP contribution >= 0.6 is 68.0 Å². The lowest BCUT2D eigenvalue weighted by Crippen LogP contribution is -1.75. The minimum absolute atomic E-state index is 0.268. The van der Waals surface area contributed by atoms with Gasteiger partial charge < -0.3 is 0 Å². The number of halogens is 2. The predicted octanol–water partition coefficient (Wildman–Crippen LogP) is 14.3. The number of thiophene rings is 6. The first-order chi connectivity index (χ1) is 21.6. The van der Waals surface area contributed by atoms with Crippen LogP contribution < -0.4 is 0 Å². The molecule has 0 atom stereocenters. The van der Waals surface area contributed by atoms with E-state index in [-0.39, 0.29) is 11.6 Å². The molecule has 0 saturated heterocycles. The van der Waals surface area contributed by atoms with Crippen LogP contribution in [0, 0.1) is 11.6 Å². The van der Waals surface area contributed by atoms with Gasteiger partial charge in [0.15, 0.2) is 0 Å². The van der Waals surface area contributed by atoms with E-state index in [0.717, 1.165) is 30.3 Å². The highest BCUT2D eigenvalue weighted by molar-refractivity contribution is 7.37. The molecule has 8 heteroatoms. The van der Waals surface area contributed by atoms with E-state index in [0.29, 0.717) is 9.75 Å². The van der Waals surface area contributed by atoms with E-state index in [1.165, 1.54) is 72.4 Å². The van der Waals surface area contributed by atoms with Gasteiger partial charge >= 0.3 is 0 Å². The van der Waals surface area contributed by atoms with Gasteiger partial charge in [0.1, 0.15) is 11.6 Å². The zero-order valence-corrected chi connectivity index (χ0v) is 27.3. The lowest BCUT2D eigenvalue weighted by atomic mass is 10.1. The first kappa shape index (κ1) is 25.8. The number of rotatable bonds is 3. The van der Waals surface area contributed by atoms with Crippen LogP contribution in [0.15, 0.2) is 97.1 Å². The van der Waals surface area contributed by atoms with Gasteiger partial charge in [-0.25, -0.2) is 8.78 Å². The molecule has 0 bridgehead atoms. The van der Waals surface area contributed by atoms with Crippen molar-refractivity contribution in [3.63, 3.8) is 0 Å². The predicted molar refractivity (Wildman–Crippen MR) is 195 cm³/mol. The van der Waals surface area contributed by atoms with Crippen molar-refractivity contribution in [3.8, 4) is 30.6 Å². The van der Waals surface area contributed by atoms with E-state index in [1.807, 2.05) is 34.8 Å². The third kappa shape index (κ3) is 3.73. The van der Waals surface area contributed by atoms with Gasteiger partial charge in [-0.1, -0.05) is 60.7 Å². The molecular formula is C36H16F2S6. The van der Waals surface area contributed by atoms with Crippen molar-refractivity contribution in [1.29, 1.82) is 0 Å². The molecule has 0 aliphatic carbocycles. The highest BCUT2D eigenvalue weighted by Crippen LogP contribution is 2.49. The van der Waals surface area contributed by atoms with Gasteiger partial charge in [0.2, 0.25) is 0 Å². The zero-order chi connectivity index (χ0) is 29.1. The molecule has 4 aromatic carbocycles. The van der Waals surface area contributed by atoms with Crippen molar-refractivity contribution < 1.29 is 8.78 Å². The number of hydrogen-bond donors (Lipinski definition) is 0. The van der Waals surface area contributed by atoms with Crippen LogP contribution in [0.1, 0.15) is 0 Å². The molecule has 0 amide bonds. The van der Waals surface area contributed by atoms with Gasteiger partial charge in [-0.2, -0.15) is 0 Å². The Hall–Kier alpha value is -3.50. The lowest BCUT2D eigenvalue weighted by Gasteiger charge is -1.99. The van der Waals surface area contributed by atoms with Crippen molar-refractivity contribution in [2.24, 2.45) is 0 Å². The molecule has 0 fully saturated rings. The molecule has 0 aliphatic rings. The number of fused-ring (bicyclic) bond motifs is 10. The van der Waals surface area contributed by atoms with Crippen LogP contribution in [0.3, 0.4) is 0 Å². The third-order valence-corrected chi connectivity index (χ3v) is 15.7. The van der Waals surface area contributed by atoms with Crippen LogP contribution in [0.2, 0.25) is 0 Å². The molecule has 0 saturated carbocycles. The average molecular weight is 679 g/mol. The average Bonchev–Trinajstić information content (AvgIpc) is 3.87. The first-order valence-corrected chi connectivity index (χ1v) is 18.8. The Morgan fingerprint density at radius 2 is 0.750 bits per heavy atom. The monoisotopic (exact) mass is 678 g/mol. The Bertz CT molecular complexity index is 2570. The highest BCUT2D eigenvalue weighted by Gasteiger charge is 2.20. The Kier molecular flexibility index (Phi) is 5.57. The molecule has 0 N–H and O–H groups in total. The maximum Gasteiger partial charge on any atom is 0.142 e. The summed E-state index contributed by atoms with van der Waals surface area (Å²) in [6, 6.07) is 32.6. The third-order valence-electron chi connectivity index (χ3n) is 8.12. The summed E-state index contributed by atoms with van der Waals surface area (Å²) in [6.07, 6.45) is 0. The van der Waals surface area contributed by atoms with E-state index in [2.05, 4.69) is 72.8 Å². The second kappa shape index (κ2) is 9.50. The summed E-state index contributed by atoms with van der Waals surface area (Å²) < 4.78 is 41.0. The smallest absolute Gasteiger partial charge is 0.142 e. The van der Waals surface area contributed by atoms with Crippen molar-refractivity contribution in [2.45, 2.75) is 0 Å². The minimum atomic E-state index is -0.268. The topological polar surface area (TPSA) is 0 Å². The van der Waals surface area contributed by atoms with Gasteiger partial charge in [0, 0.05) is 50.1 Å². The van der Waals surface area contributed by atoms with Gasteiger partial charge in [0.25, 0.3) is 0 Å². The van der Waals surface area contributed by atoms with E-state index in [1.54, 1.807) is 34.8 Å². The molecule has 0 aliphatic heterocycles. The molecule has 0 nitrogen and oxygen atoms in total. The molecular weight excluding hydrogens is 663 g/mol. The summed E-state index contributed by atoms with van der Waals surface area (Å²) in [5.74, 6) is -0.536. The second-order valence-corrected chi connectivity index (χ2v) is 17.0. The van der Waals surface area contributed by atoms with Crippen LogP contribution in [-0.4, -0.2) is 0 Å². The summed E-state index contributed by atoms with van der Waals surface area (Å²) >= 11 is 9.94. The number of hydrogen-bond acceptors (Lipinski definition) is 6. The van der Waals surface area contributed by atoms with Crippen molar-refractivity contribution in [2.75, 3.05) is 0 Å². The summed E-state index contributed by atoms with van der Waals surface area (Å²) in [6.45, 7) is 0. The highest BCUT2D eigenvalue weighted by atomic mass is 32.1. The summed E-state index contributed by atoms with van der Waals surface area (Å²) in [7, 11) is 0. The summed E-state index contributed by atoms with van der Waals surface area (Å²) in [5, 5.41) is 4.99. The van der Waals surface area contributed by atoms with E-state index >= 15 is 8.78 Å². The van der Waals surface area contributed by atoms with Gasteiger partial charge in [-0.05, 0) is 47.5 Å². The van der Waals surface area contributed by atoms with E-state index in [4.69, 9.17) is 0 Å². The van der Waals surface area contributed by atoms with Crippen LogP contribution in [0.4, 0.5) is 8.78 Å². The molecule has 6 heterocycles. The second-order valence-electron chi connectivity index (χ2n) is 10.7. The Morgan fingerprint density at radius 3 is 1.20 bits per heavy atom. The van der Waals surface area contributed by atoms with Gasteiger partial charge in [0.05, 0.1) is 28.6 Å².